The number of hydrogen-bond donors (Lipinski definition) is 1. The lowest BCUT2D eigenvalue weighted by Crippen LogP contribution is -2.40. The zero-order valence-corrected chi connectivity index (χ0v) is 16.3. The maximum absolute atomic E-state index is 11.4. The Balaban J connectivity index is 1.77. The van der Waals surface area contributed by atoms with Gasteiger partial charge >= 0.3 is 0 Å². The van der Waals surface area contributed by atoms with Crippen molar-refractivity contribution in [3.63, 3.8) is 0 Å². The van der Waals surface area contributed by atoms with Crippen molar-refractivity contribution >= 4 is 11.8 Å². The lowest BCUT2D eigenvalue weighted by Gasteiger charge is -2.30. The van der Waals surface area contributed by atoms with E-state index in [4.69, 9.17) is 14.2 Å². The number of methoxy groups -OCH3 is 3. The Hall–Kier alpha value is -1.85. The summed E-state index contributed by atoms with van der Waals surface area (Å²) in [6.45, 7) is 0. The molecule has 1 fully saturated rings. The molecular weight excluding hydrogens is 348 g/mol. The van der Waals surface area contributed by atoms with E-state index in [9.17, 15) is 5.11 Å². The van der Waals surface area contributed by atoms with Gasteiger partial charge in [0.1, 0.15) is 5.75 Å². The molecule has 3 rings (SSSR count). The molecule has 5 heteroatoms. The Morgan fingerprint density at radius 1 is 1.00 bits per heavy atom. The minimum atomic E-state index is -0.729. The minimum absolute atomic E-state index is 0.202. The predicted octanol–water partition coefficient (Wildman–Crippen LogP) is 3.59. The smallest absolute Gasteiger partial charge is 0.160 e. The molecule has 1 heterocycles. The molecule has 0 radical (unpaired) electrons. The highest BCUT2D eigenvalue weighted by Gasteiger charge is 2.41. The fourth-order valence-electron chi connectivity index (χ4n) is 3.52. The summed E-state index contributed by atoms with van der Waals surface area (Å²) in [5.41, 5.74) is 1.53. The van der Waals surface area contributed by atoms with Gasteiger partial charge in [-0.15, -0.1) is 0 Å². The van der Waals surface area contributed by atoms with Gasteiger partial charge in [-0.05, 0) is 47.6 Å². The molecule has 2 unspecified atom stereocenters. The van der Waals surface area contributed by atoms with Gasteiger partial charge in [0.05, 0.1) is 26.9 Å². The summed E-state index contributed by atoms with van der Waals surface area (Å²) >= 11 is 1.82. The second kappa shape index (κ2) is 8.23. The third-order valence-electron chi connectivity index (χ3n) is 5.01. The van der Waals surface area contributed by atoms with E-state index in [2.05, 4.69) is 12.1 Å². The Kier molecular flexibility index (Phi) is 5.99. The predicted molar refractivity (Wildman–Crippen MR) is 106 cm³/mol. The monoisotopic (exact) mass is 374 g/mol. The van der Waals surface area contributed by atoms with Crippen LogP contribution in [0.5, 0.6) is 17.2 Å². The molecule has 1 N–H and O–H groups in total. The molecule has 0 aromatic heterocycles. The normalized spacial score (nSPS) is 22.2. The van der Waals surface area contributed by atoms with Gasteiger partial charge in [-0.1, -0.05) is 18.2 Å². The lowest BCUT2D eigenvalue weighted by molar-refractivity contribution is 0.0207. The molecule has 0 amide bonds. The third kappa shape index (κ3) is 4.10. The Labute approximate surface area is 159 Å². The van der Waals surface area contributed by atoms with E-state index >= 15 is 0 Å². The van der Waals surface area contributed by atoms with Crippen molar-refractivity contribution in [2.24, 2.45) is 5.92 Å². The molecule has 140 valence electrons. The quantitative estimate of drug-likeness (QED) is 0.803. The summed E-state index contributed by atoms with van der Waals surface area (Å²) in [6, 6.07) is 14.0. The van der Waals surface area contributed by atoms with Crippen molar-refractivity contribution in [3.8, 4) is 17.2 Å². The van der Waals surface area contributed by atoms with E-state index in [-0.39, 0.29) is 5.92 Å². The zero-order chi connectivity index (χ0) is 18.6. The van der Waals surface area contributed by atoms with Crippen LogP contribution in [-0.2, 0) is 12.8 Å². The molecule has 1 aliphatic rings. The first-order valence-electron chi connectivity index (χ1n) is 8.72. The standard InChI is InChI=1S/C21H26O4S/c1-23-18-6-4-5-15(10-18)9-17-13-26-14-21(17,22)12-16-7-8-19(24-2)20(11-16)25-3/h4-8,10-11,17,22H,9,12-14H2,1-3H3. The van der Waals surface area contributed by atoms with Crippen molar-refractivity contribution in [2.45, 2.75) is 18.4 Å². The summed E-state index contributed by atoms with van der Waals surface area (Å²) in [5, 5.41) is 11.4. The van der Waals surface area contributed by atoms with Gasteiger partial charge in [0, 0.05) is 18.1 Å². The largest absolute Gasteiger partial charge is 0.497 e. The van der Waals surface area contributed by atoms with E-state index < -0.39 is 5.60 Å². The average molecular weight is 375 g/mol. The van der Waals surface area contributed by atoms with Gasteiger partial charge in [0.2, 0.25) is 0 Å². The van der Waals surface area contributed by atoms with Crippen LogP contribution in [0.1, 0.15) is 11.1 Å². The first kappa shape index (κ1) is 18.9. The van der Waals surface area contributed by atoms with E-state index in [1.54, 1.807) is 21.3 Å². The van der Waals surface area contributed by atoms with Crippen LogP contribution in [-0.4, -0.2) is 43.5 Å². The minimum Gasteiger partial charge on any atom is -0.497 e. The molecule has 0 spiro atoms. The van der Waals surface area contributed by atoms with Crippen molar-refractivity contribution in [2.75, 3.05) is 32.8 Å². The summed E-state index contributed by atoms with van der Waals surface area (Å²) in [4.78, 5) is 0. The first-order chi connectivity index (χ1) is 12.6. The Morgan fingerprint density at radius 3 is 2.54 bits per heavy atom. The van der Waals surface area contributed by atoms with Gasteiger partial charge in [-0.3, -0.25) is 0 Å². The second-order valence-corrected chi connectivity index (χ2v) is 7.77. The van der Waals surface area contributed by atoms with E-state index in [1.807, 2.05) is 42.1 Å². The Bertz CT molecular complexity index is 749. The molecule has 0 aliphatic carbocycles. The highest BCUT2D eigenvalue weighted by molar-refractivity contribution is 7.99. The fraction of sp³-hybridized carbons (Fsp3) is 0.429. The summed E-state index contributed by atoms with van der Waals surface area (Å²) in [5.74, 6) is 4.17. The van der Waals surface area contributed by atoms with Crippen molar-refractivity contribution in [1.82, 2.24) is 0 Å². The number of hydrogen-bond acceptors (Lipinski definition) is 5. The zero-order valence-electron chi connectivity index (χ0n) is 15.5. The third-order valence-corrected chi connectivity index (χ3v) is 6.35. The topological polar surface area (TPSA) is 47.9 Å². The molecule has 2 aromatic rings. The molecule has 2 atom stereocenters. The van der Waals surface area contributed by atoms with Crippen LogP contribution in [0.25, 0.3) is 0 Å². The van der Waals surface area contributed by atoms with Gasteiger partial charge in [-0.25, -0.2) is 0 Å². The first-order valence-corrected chi connectivity index (χ1v) is 9.87. The van der Waals surface area contributed by atoms with Crippen molar-refractivity contribution in [1.29, 1.82) is 0 Å². The second-order valence-electron chi connectivity index (χ2n) is 6.74. The van der Waals surface area contributed by atoms with E-state index in [0.29, 0.717) is 17.9 Å². The highest BCUT2D eigenvalue weighted by Crippen LogP contribution is 2.39. The molecule has 0 bridgehead atoms. The average Bonchev–Trinajstić information content (AvgIpc) is 3.01. The molecule has 0 saturated carbocycles. The Morgan fingerprint density at radius 2 is 1.81 bits per heavy atom. The van der Waals surface area contributed by atoms with Crippen LogP contribution in [0.4, 0.5) is 0 Å². The van der Waals surface area contributed by atoms with Crippen LogP contribution in [0, 0.1) is 5.92 Å². The number of aliphatic hydroxyl groups is 1. The SMILES string of the molecule is COc1cccc(CC2CSCC2(O)Cc2ccc(OC)c(OC)c2)c1. The summed E-state index contributed by atoms with van der Waals surface area (Å²) in [6.07, 6.45) is 1.45. The van der Waals surface area contributed by atoms with Crippen LogP contribution >= 0.6 is 11.8 Å². The van der Waals surface area contributed by atoms with Crippen molar-refractivity contribution in [3.05, 3.63) is 53.6 Å². The molecular formula is C21H26O4S. The molecule has 4 nitrogen and oxygen atoms in total. The van der Waals surface area contributed by atoms with Crippen LogP contribution < -0.4 is 14.2 Å². The maximum Gasteiger partial charge on any atom is 0.160 e. The maximum atomic E-state index is 11.4. The van der Waals surface area contributed by atoms with E-state index in [0.717, 1.165) is 29.2 Å². The van der Waals surface area contributed by atoms with Gasteiger partial charge < -0.3 is 19.3 Å². The van der Waals surface area contributed by atoms with Crippen LogP contribution in [0.2, 0.25) is 0 Å². The number of benzene rings is 2. The summed E-state index contributed by atoms with van der Waals surface area (Å²) < 4.78 is 16.0. The molecule has 26 heavy (non-hydrogen) atoms. The molecule has 1 aliphatic heterocycles. The highest BCUT2D eigenvalue weighted by atomic mass is 32.2. The van der Waals surface area contributed by atoms with Gasteiger partial charge in [0.15, 0.2) is 11.5 Å². The summed E-state index contributed by atoms with van der Waals surface area (Å²) in [7, 11) is 4.94. The fourth-order valence-corrected chi connectivity index (χ4v) is 5.04. The molecule has 1 saturated heterocycles. The number of rotatable bonds is 7. The number of thioether (sulfide) groups is 1. The van der Waals surface area contributed by atoms with E-state index in [1.165, 1.54) is 5.56 Å². The van der Waals surface area contributed by atoms with Gasteiger partial charge in [-0.2, -0.15) is 11.8 Å². The lowest BCUT2D eigenvalue weighted by atomic mass is 9.81. The number of ether oxygens (including phenoxy) is 3. The molecule has 2 aromatic carbocycles. The van der Waals surface area contributed by atoms with Gasteiger partial charge in [0.25, 0.3) is 0 Å². The van der Waals surface area contributed by atoms with Crippen LogP contribution in [0.15, 0.2) is 42.5 Å². The van der Waals surface area contributed by atoms with Crippen molar-refractivity contribution < 1.29 is 19.3 Å². The van der Waals surface area contributed by atoms with Crippen LogP contribution in [0.3, 0.4) is 0 Å².